The van der Waals surface area contributed by atoms with Crippen LogP contribution in [0.2, 0.25) is 0 Å². The fourth-order valence-electron chi connectivity index (χ4n) is 6.00. The molecule has 0 unspecified atom stereocenters. The molecule has 8 rings (SSSR count). The minimum absolute atomic E-state index is 1.18. The largest absolute Gasteiger partial charge is 0.354 e. The second-order valence-electron chi connectivity index (χ2n) is 9.38. The summed E-state index contributed by atoms with van der Waals surface area (Å²) in [5.74, 6) is 0. The third-order valence-electron chi connectivity index (χ3n) is 7.40. The van der Waals surface area contributed by atoms with Gasteiger partial charge in [0.2, 0.25) is 0 Å². The van der Waals surface area contributed by atoms with Gasteiger partial charge in [0.15, 0.2) is 7.28 Å². The summed E-state index contributed by atoms with van der Waals surface area (Å²) in [5, 5.41) is 5.17. The van der Waals surface area contributed by atoms with Crippen molar-refractivity contribution < 1.29 is 0 Å². The minimum atomic E-state index is 1.18. The van der Waals surface area contributed by atoms with E-state index in [2.05, 4.69) is 121 Å². The normalized spacial score (nSPS) is 12.5. The van der Waals surface area contributed by atoms with Crippen LogP contribution in [0.4, 0.5) is 0 Å². The molecule has 0 fully saturated rings. The smallest absolute Gasteiger partial charge is 0.197 e. The number of aromatic nitrogens is 2. The van der Waals surface area contributed by atoms with Gasteiger partial charge in [-0.1, -0.05) is 84.3 Å². The molecule has 34 heavy (non-hydrogen) atoms. The van der Waals surface area contributed by atoms with Gasteiger partial charge in [-0.15, -0.1) is 0 Å². The summed E-state index contributed by atoms with van der Waals surface area (Å²) in [4.78, 5) is 3.71. The van der Waals surface area contributed by atoms with Crippen LogP contribution in [0.15, 0.2) is 97.1 Å². The molecule has 0 saturated carbocycles. The van der Waals surface area contributed by atoms with Crippen LogP contribution in [0.25, 0.3) is 60.4 Å². The van der Waals surface area contributed by atoms with E-state index in [0.29, 0.717) is 0 Å². The highest BCUT2D eigenvalue weighted by atomic mass is 15.0. The summed E-state index contributed by atoms with van der Waals surface area (Å²) in [6.45, 7) is 2.21. The standard InChI is InChI=1S/C31H20BN2/c1-18-16-24(22-11-6-10-21-19-8-2-4-14-26(19)33-30(21)22)29-28(17-18)34-27-15-5-3-9-20(27)23-12-7-13-25(32-29)31(23)34/h2-17,33H,1H3. The first-order valence-electron chi connectivity index (χ1n) is 11.8. The van der Waals surface area contributed by atoms with E-state index in [4.69, 9.17) is 0 Å². The van der Waals surface area contributed by atoms with Crippen LogP contribution in [0.1, 0.15) is 5.56 Å². The molecule has 7 aromatic rings. The topological polar surface area (TPSA) is 20.7 Å². The Hall–Kier alpha value is -4.24. The maximum Gasteiger partial charge on any atom is 0.197 e. The Kier molecular flexibility index (Phi) is 3.44. The van der Waals surface area contributed by atoms with Gasteiger partial charge in [-0.25, -0.2) is 0 Å². The highest BCUT2D eigenvalue weighted by molar-refractivity contribution is 6.73. The highest BCUT2D eigenvalue weighted by Crippen LogP contribution is 2.37. The summed E-state index contributed by atoms with van der Waals surface area (Å²) in [6, 6.07) is 35.4. The first-order chi connectivity index (χ1) is 16.8. The molecule has 2 nitrogen and oxygen atoms in total. The molecular weight excluding hydrogens is 411 g/mol. The van der Waals surface area contributed by atoms with Crippen molar-refractivity contribution in [3.05, 3.63) is 103 Å². The van der Waals surface area contributed by atoms with E-state index in [-0.39, 0.29) is 0 Å². The zero-order chi connectivity index (χ0) is 22.4. The lowest BCUT2D eigenvalue weighted by atomic mass is 9.59. The SMILES string of the molecule is Cc1cc(-c2cccc3c2[nH]c2ccccc23)c2c(c1)-n1c3ccccc3c3cccc(c31)[B]2. The first kappa shape index (κ1) is 18.2. The van der Waals surface area contributed by atoms with E-state index in [0.717, 1.165) is 0 Å². The summed E-state index contributed by atoms with van der Waals surface area (Å²) in [6.07, 6.45) is 0. The number of aromatic amines is 1. The van der Waals surface area contributed by atoms with Crippen molar-refractivity contribution in [3.8, 4) is 16.8 Å². The highest BCUT2D eigenvalue weighted by Gasteiger charge is 2.26. The molecular formula is C31H20BN2. The van der Waals surface area contributed by atoms with E-state index in [1.54, 1.807) is 0 Å². The van der Waals surface area contributed by atoms with E-state index < -0.39 is 0 Å². The van der Waals surface area contributed by atoms with Crippen molar-refractivity contribution in [2.45, 2.75) is 6.92 Å². The van der Waals surface area contributed by atoms with Crippen molar-refractivity contribution in [1.29, 1.82) is 0 Å². The van der Waals surface area contributed by atoms with E-state index in [1.165, 1.54) is 76.9 Å². The van der Waals surface area contributed by atoms with Crippen LogP contribution in [0, 0.1) is 6.92 Å². The summed E-state index contributed by atoms with van der Waals surface area (Å²) in [7, 11) is 2.38. The van der Waals surface area contributed by atoms with Gasteiger partial charge in [0.1, 0.15) is 0 Å². The monoisotopic (exact) mass is 431 g/mol. The molecule has 0 amide bonds. The second-order valence-corrected chi connectivity index (χ2v) is 9.38. The first-order valence-corrected chi connectivity index (χ1v) is 11.8. The van der Waals surface area contributed by atoms with Crippen LogP contribution in [0.5, 0.6) is 0 Å². The maximum absolute atomic E-state index is 3.71. The van der Waals surface area contributed by atoms with Gasteiger partial charge in [-0.3, -0.25) is 0 Å². The minimum Gasteiger partial charge on any atom is -0.354 e. The molecule has 5 aromatic carbocycles. The molecule has 1 N–H and O–H groups in total. The lowest BCUT2D eigenvalue weighted by Crippen LogP contribution is -2.37. The fourth-order valence-corrected chi connectivity index (χ4v) is 6.00. The van der Waals surface area contributed by atoms with Gasteiger partial charge in [-0.05, 0) is 41.7 Å². The zero-order valence-corrected chi connectivity index (χ0v) is 18.8. The second kappa shape index (κ2) is 6.42. The van der Waals surface area contributed by atoms with Crippen molar-refractivity contribution >= 4 is 61.8 Å². The number of rotatable bonds is 1. The number of nitrogens with zero attached hydrogens (tertiary/aromatic N) is 1. The number of para-hydroxylation sites is 4. The Labute approximate surface area is 197 Å². The molecule has 157 valence electrons. The lowest BCUT2D eigenvalue weighted by molar-refractivity contribution is 1.18. The number of H-pyrrole nitrogens is 1. The van der Waals surface area contributed by atoms with E-state index >= 15 is 0 Å². The molecule has 0 spiro atoms. The molecule has 1 aliphatic heterocycles. The van der Waals surface area contributed by atoms with Gasteiger partial charge >= 0.3 is 0 Å². The number of benzene rings is 5. The quantitative estimate of drug-likeness (QED) is 0.292. The molecule has 2 aromatic heterocycles. The number of fused-ring (bicyclic) bond motifs is 8. The molecule has 3 heterocycles. The number of aryl methyl sites for hydroxylation is 1. The summed E-state index contributed by atoms with van der Waals surface area (Å²) in [5.41, 5.74) is 12.5. The van der Waals surface area contributed by atoms with Gasteiger partial charge in [0.05, 0.1) is 11.0 Å². The third-order valence-corrected chi connectivity index (χ3v) is 7.40. The Balaban J connectivity index is 1.51. The van der Waals surface area contributed by atoms with E-state index in [1.807, 2.05) is 0 Å². The van der Waals surface area contributed by atoms with Crippen molar-refractivity contribution in [2.24, 2.45) is 0 Å². The van der Waals surface area contributed by atoms with Crippen molar-refractivity contribution in [1.82, 2.24) is 9.55 Å². The van der Waals surface area contributed by atoms with Crippen molar-refractivity contribution in [3.63, 3.8) is 0 Å². The molecule has 0 bridgehead atoms. The fraction of sp³-hybridized carbons (Fsp3) is 0.0323. The van der Waals surface area contributed by atoms with Crippen LogP contribution in [-0.4, -0.2) is 16.8 Å². The van der Waals surface area contributed by atoms with Gasteiger partial charge in [-0.2, -0.15) is 0 Å². The molecule has 1 radical (unpaired) electrons. The summed E-state index contributed by atoms with van der Waals surface area (Å²) >= 11 is 0. The molecule has 3 heteroatoms. The molecule has 0 atom stereocenters. The van der Waals surface area contributed by atoms with Gasteiger partial charge < -0.3 is 9.55 Å². The maximum atomic E-state index is 3.71. The Bertz CT molecular complexity index is 1950. The third kappa shape index (κ3) is 2.26. The van der Waals surface area contributed by atoms with Crippen LogP contribution >= 0.6 is 0 Å². The molecule has 0 saturated heterocycles. The summed E-state index contributed by atoms with van der Waals surface area (Å²) < 4.78 is 2.47. The predicted octanol–water partition coefficient (Wildman–Crippen LogP) is 6.36. The van der Waals surface area contributed by atoms with Crippen LogP contribution in [0.3, 0.4) is 0 Å². The Morgan fingerprint density at radius 1 is 0.676 bits per heavy atom. The number of nitrogens with one attached hydrogen (secondary N) is 1. The molecule has 1 aliphatic rings. The lowest BCUT2D eigenvalue weighted by Gasteiger charge is -2.24. The van der Waals surface area contributed by atoms with Gasteiger partial charge in [0.25, 0.3) is 0 Å². The van der Waals surface area contributed by atoms with Gasteiger partial charge in [0, 0.05) is 43.8 Å². The molecule has 0 aliphatic carbocycles. The number of hydrogen-bond donors (Lipinski definition) is 1. The predicted molar refractivity (Wildman–Crippen MR) is 145 cm³/mol. The Morgan fingerprint density at radius 2 is 1.44 bits per heavy atom. The van der Waals surface area contributed by atoms with Crippen molar-refractivity contribution in [2.75, 3.05) is 0 Å². The average Bonchev–Trinajstić information content (AvgIpc) is 3.42. The Morgan fingerprint density at radius 3 is 2.38 bits per heavy atom. The average molecular weight is 431 g/mol. The van der Waals surface area contributed by atoms with E-state index in [9.17, 15) is 0 Å². The zero-order valence-electron chi connectivity index (χ0n) is 18.8. The number of hydrogen-bond acceptors (Lipinski definition) is 0. The van der Waals surface area contributed by atoms with Crippen LogP contribution in [-0.2, 0) is 0 Å². The van der Waals surface area contributed by atoms with Crippen LogP contribution < -0.4 is 10.9 Å².